The van der Waals surface area contributed by atoms with Crippen LogP contribution in [0.3, 0.4) is 0 Å². The van der Waals surface area contributed by atoms with Gasteiger partial charge in [0, 0.05) is 11.8 Å². The van der Waals surface area contributed by atoms with E-state index in [0.717, 1.165) is 12.2 Å². The van der Waals surface area contributed by atoms with Gasteiger partial charge in [-0.3, -0.25) is 4.79 Å². The molecule has 1 amide bonds. The number of ether oxygens (including phenoxy) is 1. The molecule has 84 valence electrons. The highest BCUT2D eigenvalue weighted by Crippen LogP contribution is 2.00. The second-order valence-corrected chi connectivity index (χ2v) is 4.40. The first-order chi connectivity index (χ1) is 6.60. The van der Waals surface area contributed by atoms with E-state index < -0.39 is 0 Å². The van der Waals surface area contributed by atoms with Crippen LogP contribution in [-0.2, 0) is 9.53 Å². The van der Waals surface area contributed by atoms with Gasteiger partial charge in [-0.15, -0.1) is 0 Å². The van der Waals surface area contributed by atoms with Crippen LogP contribution in [0.4, 0.5) is 0 Å². The summed E-state index contributed by atoms with van der Waals surface area (Å²) in [6.45, 7) is 6.09. The molecule has 0 aromatic heterocycles. The van der Waals surface area contributed by atoms with Crippen molar-refractivity contribution in [3.8, 4) is 0 Å². The van der Waals surface area contributed by atoms with Crippen LogP contribution in [0.25, 0.3) is 0 Å². The number of carbonyl (C=O) groups excluding carboxylic acids is 1. The van der Waals surface area contributed by atoms with Crippen molar-refractivity contribution in [3.63, 3.8) is 0 Å². The standard InChI is InChI=1S/C10H21NO2S/c1-5-9(7-14-4)11-10(12)6-13-8(2)3/h8-9H,5-7H2,1-4H3,(H,11,12). The van der Waals surface area contributed by atoms with Gasteiger partial charge in [-0.2, -0.15) is 11.8 Å². The van der Waals surface area contributed by atoms with E-state index in [4.69, 9.17) is 4.74 Å². The molecule has 0 bridgehead atoms. The molecule has 0 rings (SSSR count). The third-order valence-electron chi connectivity index (χ3n) is 1.77. The Morgan fingerprint density at radius 3 is 2.57 bits per heavy atom. The normalized spacial score (nSPS) is 12.9. The lowest BCUT2D eigenvalue weighted by atomic mass is 10.2. The first-order valence-corrected chi connectivity index (χ1v) is 6.39. The Balaban J connectivity index is 3.67. The van der Waals surface area contributed by atoms with Crippen molar-refractivity contribution in [2.45, 2.75) is 39.3 Å². The molecule has 0 aromatic carbocycles. The van der Waals surface area contributed by atoms with Gasteiger partial charge >= 0.3 is 0 Å². The Labute approximate surface area is 91.0 Å². The van der Waals surface area contributed by atoms with Gasteiger partial charge in [0.1, 0.15) is 6.61 Å². The summed E-state index contributed by atoms with van der Waals surface area (Å²) < 4.78 is 5.21. The predicted octanol–water partition coefficient (Wildman–Crippen LogP) is 1.67. The van der Waals surface area contributed by atoms with Crippen LogP contribution in [0.5, 0.6) is 0 Å². The molecule has 0 spiro atoms. The smallest absolute Gasteiger partial charge is 0.246 e. The molecule has 0 aliphatic carbocycles. The molecule has 1 N–H and O–H groups in total. The molecule has 0 aliphatic heterocycles. The highest BCUT2D eigenvalue weighted by Gasteiger charge is 2.09. The van der Waals surface area contributed by atoms with E-state index in [-0.39, 0.29) is 24.7 Å². The molecule has 0 radical (unpaired) electrons. The zero-order valence-corrected chi connectivity index (χ0v) is 10.3. The van der Waals surface area contributed by atoms with Crippen LogP contribution < -0.4 is 5.32 Å². The van der Waals surface area contributed by atoms with Crippen LogP contribution in [0.15, 0.2) is 0 Å². The Bertz CT molecular complexity index is 162. The zero-order valence-electron chi connectivity index (χ0n) is 9.50. The third kappa shape index (κ3) is 7.21. The number of carbonyl (C=O) groups is 1. The van der Waals surface area contributed by atoms with E-state index in [2.05, 4.69) is 12.2 Å². The SMILES string of the molecule is CCC(CSC)NC(=O)COC(C)C. The van der Waals surface area contributed by atoms with Crippen molar-refractivity contribution in [1.82, 2.24) is 5.32 Å². The molecule has 0 fully saturated rings. The van der Waals surface area contributed by atoms with E-state index >= 15 is 0 Å². The van der Waals surface area contributed by atoms with Crippen molar-refractivity contribution in [2.24, 2.45) is 0 Å². The van der Waals surface area contributed by atoms with Crippen LogP contribution in [0.1, 0.15) is 27.2 Å². The summed E-state index contributed by atoms with van der Waals surface area (Å²) in [4.78, 5) is 11.3. The second kappa shape index (κ2) is 8.12. The summed E-state index contributed by atoms with van der Waals surface area (Å²) >= 11 is 1.75. The van der Waals surface area contributed by atoms with Crippen molar-refractivity contribution in [2.75, 3.05) is 18.6 Å². The average Bonchev–Trinajstić information content (AvgIpc) is 2.14. The predicted molar refractivity (Wildman–Crippen MR) is 61.7 cm³/mol. The number of amides is 1. The molecule has 0 aromatic rings. The summed E-state index contributed by atoms with van der Waals surface area (Å²) in [7, 11) is 0. The van der Waals surface area contributed by atoms with Gasteiger partial charge in [0.2, 0.25) is 5.91 Å². The Morgan fingerprint density at radius 2 is 2.14 bits per heavy atom. The Morgan fingerprint density at radius 1 is 1.50 bits per heavy atom. The molecule has 0 saturated heterocycles. The highest BCUT2D eigenvalue weighted by molar-refractivity contribution is 7.98. The summed E-state index contributed by atoms with van der Waals surface area (Å²) in [5.41, 5.74) is 0. The molecular weight excluding hydrogens is 198 g/mol. The third-order valence-corrected chi connectivity index (χ3v) is 2.51. The topological polar surface area (TPSA) is 38.3 Å². The molecule has 14 heavy (non-hydrogen) atoms. The van der Waals surface area contributed by atoms with Gasteiger partial charge in [0.05, 0.1) is 6.10 Å². The number of rotatable bonds is 7. The first kappa shape index (κ1) is 13.8. The van der Waals surface area contributed by atoms with Crippen LogP contribution >= 0.6 is 11.8 Å². The minimum atomic E-state index is -0.0143. The molecule has 0 aliphatic rings. The molecular formula is C10H21NO2S. The van der Waals surface area contributed by atoms with E-state index in [1.165, 1.54) is 0 Å². The number of hydrogen-bond donors (Lipinski definition) is 1. The fourth-order valence-corrected chi connectivity index (χ4v) is 1.70. The Hall–Kier alpha value is -0.220. The van der Waals surface area contributed by atoms with Gasteiger partial charge < -0.3 is 10.1 Å². The summed E-state index contributed by atoms with van der Waals surface area (Å²) in [5, 5.41) is 2.94. The van der Waals surface area contributed by atoms with Crippen LogP contribution in [-0.4, -0.2) is 36.7 Å². The molecule has 4 heteroatoms. The van der Waals surface area contributed by atoms with Gasteiger partial charge in [0.25, 0.3) is 0 Å². The summed E-state index contributed by atoms with van der Waals surface area (Å²) in [6, 6.07) is 0.272. The fraction of sp³-hybridized carbons (Fsp3) is 0.900. The lowest BCUT2D eigenvalue weighted by Gasteiger charge is -2.16. The minimum Gasteiger partial charge on any atom is -0.369 e. The first-order valence-electron chi connectivity index (χ1n) is 5.00. The molecule has 1 atom stereocenters. The second-order valence-electron chi connectivity index (χ2n) is 3.49. The molecule has 3 nitrogen and oxygen atoms in total. The van der Waals surface area contributed by atoms with Crippen molar-refractivity contribution >= 4 is 17.7 Å². The van der Waals surface area contributed by atoms with Crippen molar-refractivity contribution < 1.29 is 9.53 Å². The van der Waals surface area contributed by atoms with Crippen LogP contribution in [0, 0.1) is 0 Å². The number of hydrogen-bond acceptors (Lipinski definition) is 3. The Kier molecular flexibility index (Phi) is 7.99. The van der Waals surface area contributed by atoms with Crippen molar-refractivity contribution in [3.05, 3.63) is 0 Å². The number of thioether (sulfide) groups is 1. The van der Waals surface area contributed by atoms with Gasteiger partial charge in [-0.05, 0) is 26.5 Å². The average molecular weight is 219 g/mol. The lowest BCUT2D eigenvalue weighted by Crippen LogP contribution is -2.38. The zero-order chi connectivity index (χ0) is 11.0. The molecule has 0 saturated carbocycles. The van der Waals surface area contributed by atoms with Gasteiger partial charge in [0.15, 0.2) is 0 Å². The molecule has 1 unspecified atom stereocenters. The maximum absolute atomic E-state index is 11.3. The maximum Gasteiger partial charge on any atom is 0.246 e. The lowest BCUT2D eigenvalue weighted by molar-refractivity contribution is -0.127. The van der Waals surface area contributed by atoms with E-state index in [1.807, 2.05) is 20.1 Å². The van der Waals surface area contributed by atoms with Gasteiger partial charge in [-0.25, -0.2) is 0 Å². The van der Waals surface area contributed by atoms with Crippen molar-refractivity contribution in [1.29, 1.82) is 0 Å². The molecule has 0 heterocycles. The van der Waals surface area contributed by atoms with E-state index in [9.17, 15) is 4.79 Å². The summed E-state index contributed by atoms with van der Waals surface area (Å²) in [5.74, 6) is 0.948. The number of nitrogens with one attached hydrogen (secondary N) is 1. The highest BCUT2D eigenvalue weighted by atomic mass is 32.2. The van der Waals surface area contributed by atoms with E-state index in [1.54, 1.807) is 11.8 Å². The quantitative estimate of drug-likeness (QED) is 0.708. The van der Waals surface area contributed by atoms with E-state index in [0.29, 0.717) is 0 Å². The van der Waals surface area contributed by atoms with Crippen LogP contribution in [0.2, 0.25) is 0 Å². The summed E-state index contributed by atoms with van der Waals surface area (Å²) in [6.07, 6.45) is 3.12. The fourth-order valence-electron chi connectivity index (χ4n) is 0.974. The minimum absolute atomic E-state index is 0.0143. The van der Waals surface area contributed by atoms with Gasteiger partial charge in [-0.1, -0.05) is 6.92 Å². The maximum atomic E-state index is 11.3. The monoisotopic (exact) mass is 219 g/mol. The largest absolute Gasteiger partial charge is 0.369 e.